The van der Waals surface area contributed by atoms with Crippen molar-refractivity contribution in [2.45, 2.75) is 76.7 Å². The first-order chi connectivity index (χ1) is 14.5. The number of aryl methyl sites for hydroxylation is 1. The molecule has 0 aromatic carbocycles. The van der Waals surface area contributed by atoms with E-state index >= 15 is 0 Å². The van der Waals surface area contributed by atoms with Crippen LogP contribution in [-0.2, 0) is 22.4 Å². The molecule has 6 rings (SSSR count). The molecular weight excluding hydrogens is 400 g/mol. The highest BCUT2D eigenvalue weighted by molar-refractivity contribution is 7.17. The van der Waals surface area contributed by atoms with Crippen molar-refractivity contribution in [1.82, 2.24) is 5.32 Å². The van der Waals surface area contributed by atoms with Gasteiger partial charge in [0.1, 0.15) is 5.00 Å². The van der Waals surface area contributed by atoms with Crippen molar-refractivity contribution in [2.75, 3.05) is 5.32 Å². The predicted molar refractivity (Wildman–Crippen MR) is 115 cm³/mol. The van der Waals surface area contributed by atoms with E-state index in [-0.39, 0.29) is 29.7 Å². The fourth-order valence-corrected chi connectivity index (χ4v) is 7.73. The lowest BCUT2D eigenvalue weighted by Gasteiger charge is -2.45. The zero-order valence-electron chi connectivity index (χ0n) is 17.2. The van der Waals surface area contributed by atoms with Crippen molar-refractivity contribution in [2.24, 2.45) is 23.7 Å². The Balaban J connectivity index is 1.40. The molecule has 4 fully saturated rings. The van der Waals surface area contributed by atoms with Gasteiger partial charge in [-0.1, -0.05) is 12.8 Å². The predicted octanol–water partition coefficient (Wildman–Crippen LogP) is 3.98. The van der Waals surface area contributed by atoms with Crippen LogP contribution in [0.25, 0.3) is 0 Å². The zero-order chi connectivity index (χ0) is 20.8. The Kier molecular flexibility index (Phi) is 5.33. The van der Waals surface area contributed by atoms with Gasteiger partial charge < -0.3 is 15.7 Å². The molecule has 0 unspecified atom stereocenters. The Morgan fingerprint density at radius 2 is 1.53 bits per heavy atom. The van der Waals surface area contributed by atoms with E-state index < -0.39 is 17.8 Å². The molecule has 6 nitrogen and oxygen atoms in total. The molecule has 0 radical (unpaired) electrons. The fraction of sp³-hybridized carbons (Fsp3) is 0.696. The Morgan fingerprint density at radius 3 is 2.20 bits per heavy atom. The highest BCUT2D eigenvalue weighted by Gasteiger charge is 2.50. The second kappa shape index (κ2) is 7.98. The average Bonchev–Trinajstić information content (AvgIpc) is 3.45. The van der Waals surface area contributed by atoms with Crippen LogP contribution in [0.2, 0.25) is 0 Å². The summed E-state index contributed by atoms with van der Waals surface area (Å²) in [6, 6.07) is 0.225. The highest BCUT2D eigenvalue weighted by atomic mass is 32.1. The van der Waals surface area contributed by atoms with E-state index in [0.29, 0.717) is 10.6 Å². The molecule has 2 atom stereocenters. The summed E-state index contributed by atoms with van der Waals surface area (Å²) in [6.45, 7) is 0. The number of rotatable bonds is 5. The number of carbonyl (C=O) groups excluding carboxylic acids is 2. The summed E-state index contributed by atoms with van der Waals surface area (Å²) in [6.07, 6.45) is 10.9. The number of hydrogen-bond acceptors (Lipinski definition) is 4. The van der Waals surface area contributed by atoms with Gasteiger partial charge in [0.25, 0.3) is 5.91 Å². The third kappa shape index (κ3) is 3.45. The van der Waals surface area contributed by atoms with Gasteiger partial charge in [-0.05, 0) is 75.2 Å². The van der Waals surface area contributed by atoms with Crippen LogP contribution in [0.4, 0.5) is 5.00 Å². The van der Waals surface area contributed by atoms with E-state index in [0.717, 1.165) is 76.2 Å². The van der Waals surface area contributed by atoms with Crippen LogP contribution >= 0.6 is 11.3 Å². The normalized spacial score (nSPS) is 30.3. The van der Waals surface area contributed by atoms with Crippen LogP contribution in [0.1, 0.15) is 78.6 Å². The lowest BCUT2D eigenvalue weighted by molar-refractivity contribution is -0.156. The summed E-state index contributed by atoms with van der Waals surface area (Å²) in [5.74, 6) is -1.97. The Labute approximate surface area is 180 Å². The molecule has 2 amide bonds. The van der Waals surface area contributed by atoms with Crippen molar-refractivity contribution in [3.05, 3.63) is 16.0 Å². The van der Waals surface area contributed by atoms with E-state index in [9.17, 15) is 19.5 Å². The molecule has 1 heterocycles. The average molecular weight is 431 g/mol. The molecule has 0 aliphatic heterocycles. The van der Waals surface area contributed by atoms with Gasteiger partial charge in [-0.2, -0.15) is 0 Å². The molecule has 5 aliphatic carbocycles. The van der Waals surface area contributed by atoms with Crippen molar-refractivity contribution in [3.63, 3.8) is 0 Å². The van der Waals surface area contributed by atoms with E-state index in [1.807, 2.05) is 0 Å². The first kappa shape index (κ1) is 20.0. The molecule has 3 N–H and O–H groups in total. The minimum absolute atomic E-state index is 0.0726. The second-order valence-corrected chi connectivity index (χ2v) is 10.7. The number of aliphatic carboxylic acids is 1. The number of nitrogens with one attached hydrogen (secondary N) is 2. The lowest BCUT2D eigenvalue weighted by Crippen LogP contribution is -2.49. The van der Waals surface area contributed by atoms with Crippen LogP contribution in [0.5, 0.6) is 0 Å². The summed E-state index contributed by atoms with van der Waals surface area (Å²) >= 11 is 1.52. The van der Waals surface area contributed by atoms with Crippen LogP contribution in [0.3, 0.4) is 0 Å². The molecule has 0 spiro atoms. The van der Waals surface area contributed by atoms with Gasteiger partial charge >= 0.3 is 5.97 Å². The summed E-state index contributed by atoms with van der Waals surface area (Å²) in [5, 5.41) is 16.7. The molecule has 1 aromatic rings. The molecule has 7 heteroatoms. The Hall–Kier alpha value is -1.89. The number of anilines is 1. The van der Waals surface area contributed by atoms with Crippen molar-refractivity contribution < 1.29 is 19.5 Å². The number of amides is 2. The van der Waals surface area contributed by atoms with Crippen LogP contribution in [-0.4, -0.2) is 28.9 Å². The monoisotopic (exact) mass is 430 g/mol. The zero-order valence-corrected chi connectivity index (χ0v) is 18.1. The van der Waals surface area contributed by atoms with E-state index in [1.165, 1.54) is 16.2 Å². The molecule has 2 bridgehead atoms. The van der Waals surface area contributed by atoms with Crippen LogP contribution in [0.15, 0.2) is 0 Å². The first-order valence-electron chi connectivity index (χ1n) is 11.5. The summed E-state index contributed by atoms with van der Waals surface area (Å²) in [4.78, 5) is 39.6. The van der Waals surface area contributed by atoms with E-state index in [2.05, 4.69) is 10.6 Å². The van der Waals surface area contributed by atoms with Gasteiger partial charge in [0, 0.05) is 10.9 Å². The van der Waals surface area contributed by atoms with Gasteiger partial charge in [0.2, 0.25) is 5.91 Å². The molecule has 5 aliphatic rings. The maximum absolute atomic E-state index is 13.3. The van der Waals surface area contributed by atoms with E-state index in [4.69, 9.17) is 0 Å². The molecular formula is C23H30N2O4S. The maximum Gasteiger partial charge on any atom is 0.307 e. The SMILES string of the molecule is O=C(NC1CCCC1)c1c(NC(=O)[C@H]2C3CCC(CC3)[C@@H]2C(=O)O)sc2c1CCC2. The largest absolute Gasteiger partial charge is 0.481 e. The summed E-state index contributed by atoms with van der Waals surface area (Å²) < 4.78 is 0. The number of carboxylic acids is 1. The first-order valence-corrected chi connectivity index (χ1v) is 12.3. The summed E-state index contributed by atoms with van der Waals surface area (Å²) in [7, 11) is 0. The van der Waals surface area contributed by atoms with Gasteiger partial charge in [0.15, 0.2) is 0 Å². The quantitative estimate of drug-likeness (QED) is 0.658. The van der Waals surface area contributed by atoms with E-state index in [1.54, 1.807) is 0 Å². The van der Waals surface area contributed by atoms with Crippen LogP contribution < -0.4 is 10.6 Å². The second-order valence-electron chi connectivity index (χ2n) is 9.57. The van der Waals surface area contributed by atoms with Gasteiger partial charge in [0.05, 0.1) is 17.4 Å². The van der Waals surface area contributed by atoms with Crippen molar-refractivity contribution in [1.29, 1.82) is 0 Å². The highest BCUT2D eigenvalue weighted by Crippen LogP contribution is 2.50. The molecule has 4 saturated carbocycles. The minimum Gasteiger partial charge on any atom is -0.481 e. The topological polar surface area (TPSA) is 95.5 Å². The number of carbonyl (C=O) groups is 3. The summed E-state index contributed by atoms with van der Waals surface area (Å²) in [5.41, 5.74) is 1.73. The number of hydrogen-bond donors (Lipinski definition) is 3. The molecule has 0 saturated heterocycles. The molecule has 162 valence electrons. The maximum atomic E-state index is 13.3. The number of thiophene rings is 1. The van der Waals surface area contributed by atoms with Gasteiger partial charge in [-0.25, -0.2) is 0 Å². The van der Waals surface area contributed by atoms with Crippen molar-refractivity contribution >= 4 is 34.1 Å². The van der Waals surface area contributed by atoms with Crippen molar-refractivity contribution in [3.8, 4) is 0 Å². The molecule has 30 heavy (non-hydrogen) atoms. The third-order valence-electron chi connectivity index (χ3n) is 7.88. The Bertz CT molecular complexity index is 865. The Morgan fingerprint density at radius 1 is 0.867 bits per heavy atom. The van der Waals surface area contributed by atoms with Gasteiger partial charge in [-0.15, -0.1) is 11.3 Å². The standard InChI is InChI=1S/C23H30N2O4S/c26-20(17-12-8-10-13(11-9-12)18(17)23(28)29)25-22-19(15-6-3-7-16(15)30-22)21(27)24-14-4-1-2-5-14/h12-14,17-18H,1-11H2,(H,24,27)(H,25,26)(H,28,29)/t12?,13?,17-,18-/m0/s1. The number of fused-ring (bicyclic) bond motifs is 4. The minimum atomic E-state index is -0.850. The third-order valence-corrected chi connectivity index (χ3v) is 9.09. The smallest absolute Gasteiger partial charge is 0.307 e. The number of carboxylic acid groups (broad SMARTS) is 1. The lowest BCUT2D eigenvalue weighted by atomic mass is 9.58. The van der Waals surface area contributed by atoms with Gasteiger partial charge in [-0.3, -0.25) is 14.4 Å². The van der Waals surface area contributed by atoms with Crippen LogP contribution in [0, 0.1) is 23.7 Å². The molecule has 1 aromatic heterocycles. The fourth-order valence-electron chi connectivity index (χ4n) is 6.44.